The Morgan fingerprint density at radius 2 is 2.00 bits per heavy atom. The molecule has 0 unspecified atom stereocenters. The van der Waals surface area contributed by atoms with E-state index in [9.17, 15) is 15.0 Å². The third kappa shape index (κ3) is 2.69. The second-order valence-electron chi connectivity index (χ2n) is 3.69. The lowest BCUT2D eigenvalue weighted by molar-refractivity contribution is -0.235. The van der Waals surface area contributed by atoms with E-state index >= 15 is 0 Å². The minimum atomic E-state index is -1.32. The van der Waals surface area contributed by atoms with Gasteiger partial charge in [-0.05, 0) is 0 Å². The SMILES string of the molecule is CC(=O)O[C@@H]1[C@@H](O)[C@H](O)[C@@H](CO)O[C@H]1CN. The van der Waals surface area contributed by atoms with Crippen LogP contribution in [-0.4, -0.2) is 65.0 Å². The van der Waals surface area contributed by atoms with Crippen molar-refractivity contribution >= 4 is 5.97 Å². The van der Waals surface area contributed by atoms with Gasteiger partial charge >= 0.3 is 5.97 Å². The molecule has 7 nitrogen and oxygen atoms in total. The summed E-state index contributed by atoms with van der Waals surface area (Å²) in [5.41, 5.74) is 5.40. The highest BCUT2D eigenvalue weighted by molar-refractivity contribution is 5.66. The molecular formula is C9H17NO6. The van der Waals surface area contributed by atoms with Gasteiger partial charge in [-0.1, -0.05) is 0 Å². The zero-order valence-corrected chi connectivity index (χ0v) is 8.94. The highest BCUT2D eigenvalue weighted by Crippen LogP contribution is 2.23. The number of nitrogens with two attached hydrogens (primary N) is 1. The lowest BCUT2D eigenvalue weighted by Crippen LogP contribution is -2.61. The summed E-state index contributed by atoms with van der Waals surface area (Å²) in [5, 5.41) is 28.2. The highest BCUT2D eigenvalue weighted by Gasteiger charge is 2.45. The molecule has 0 aliphatic carbocycles. The fourth-order valence-electron chi connectivity index (χ4n) is 1.69. The number of hydrogen-bond acceptors (Lipinski definition) is 7. The Bertz CT molecular complexity index is 246. The summed E-state index contributed by atoms with van der Waals surface area (Å²) in [5.74, 6) is -0.597. The van der Waals surface area contributed by atoms with Crippen molar-refractivity contribution in [2.24, 2.45) is 5.73 Å². The van der Waals surface area contributed by atoms with Crippen LogP contribution in [0.5, 0.6) is 0 Å². The summed E-state index contributed by atoms with van der Waals surface area (Å²) < 4.78 is 10.1. The molecule has 1 saturated heterocycles. The molecule has 5 N–H and O–H groups in total. The Morgan fingerprint density at radius 1 is 1.38 bits per heavy atom. The molecule has 5 atom stereocenters. The molecule has 1 rings (SSSR count). The molecule has 0 bridgehead atoms. The third-order valence-corrected chi connectivity index (χ3v) is 2.50. The van der Waals surface area contributed by atoms with Crippen molar-refractivity contribution in [3.8, 4) is 0 Å². The van der Waals surface area contributed by atoms with Gasteiger partial charge in [-0.2, -0.15) is 0 Å². The standard InChI is InChI=1S/C9H17NO6/c1-4(12)15-9-5(2-10)16-6(3-11)7(13)8(9)14/h5-9,11,13-14H,2-3,10H2,1H3/t5-,6+,7+,8-,9-/m0/s1. The molecule has 1 heterocycles. The number of ether oxygens (including phenoxy) is 2. The third-order valence-electron chi connectivity index (χ3n) is 2.50. The van der Waals surface area contributed by atoms with Crippen LogP contribution in [0.2, 0.25) is 0 Å². The maximum Gasteiger partial charge on any atom is 0.303 e. The molecule has 1 fully saturated rings. The summed E-state index contributed by atoms with van der Waals surface area (Å²) in [6.07, 6.45) is -5.30. The number of rotatable bonds is 3. The number of esters is 1. The Morgan fingerprint density at radius 3 is 2.44 bits per heavy atom. The van der Waals surface area contributed by atoms with Crippen molar-refractivity contribution in [3.63, 3.8) is 0 Å². The van der Waals surface area contributed by atoms with Crippen molar-refractivity contribution in [2.45, 2.75) is 37.4 Å². The molecule has 16 heavy (non-hydrogen) atoms. The Hall–Kier alpha value is -0.730. The van der Waals surface area contributed by atoms with Gasteiger partial charge in [0.25, 0.3) is 0 Å². The van der Waals surface area contributed by atoms with E-state index in [0.717, 1.165) is 0 Å². The minimum Gasteiger partial charge on any atom is -0.457 e. The van der Waals surface area contributed by atoms with Gasteiger partial charge in [-0.25, -0.2) is 0 Å². The van der Waals surface area contributed by atoms with E-state index in [1.165, 1.54) is 6.92 Å². The largest absolute Gasteiger partial charge is 0.457 e. The molecule has 1 aliphatic rings. The normalized spacial score (nSPS) is 39.4. The van der Waals surface area contributed by atoms with Gasteiger partial charge in [0, 0.05) is 13.5 Å². The minimum absolute atomic E-state index is 0.0121. The van der Waals surface area contributed by atoms with Crippen LogP contribution in [0.4, 0.5) is 0 Å². The molecule has 0 saturated carbocycles. The van der Waals surface area contributed by atoms with Crippen LogP contribution >= 0.6 is 0 Å². The molecule has 7 heteroatoms. The Labute approximate surface area is 92.8 Å². The molecule has 1 aliphatic heterocycles. The zero-order valence-electron chi connectivity index (χ0n) is 8.94. The molecule has 0 radical (unpaired) electrons. The summed E-state index contributed by atoms with van der Waals surface area (Å²) in [6.45, 7) is 0.755. The van der Waals surface area contributed by atoms with E-state index in [-0.39, 0.29) is 6.54 Å². The van der Waals surface area contributed by atoms with Crippen molar-refractivity contribution in [2.75, 3.05) is 13.2 Å². The zero-order chi connectivity index (χ0) is 12.3. The van der Waals surface area contributed by atoms with Crippen molar-refractivity contribution in [3.05, 3.63) is 0 Å². The lowest BCUT2D eigenvalue weighted by Gasteiger charge is -2.41. The summed E-state index contributed by atoms with van der Waals surface area (Å²) in [7, 11) is 0. The second-order valence-corrected chi connectivity index (χ2v) is 3.69. The summed E-state index contributed by atoms with van der Waals surface area (Å²) >= 11 is 0. The first-order valence-corrected chi connectivity index (χ1v) is 5.01. The number of aliphatic hydroxyl groups excluding tert-OH is 3. The van der Waals surface area contributed by atoms with Crippen LogP contribution in [-0.2, 0) is 14.3 Å². The van der Waals surface area contributed by atoms with E-state index in [1.807, 2.05) is 0 Å². The predicted octanol–water partition coefficient (Wildman–Crippen LogP) is -2.64. The topological polar surface area (TPSA) is 122 Å². The molecule has 0 aromatic rings. The summed E-state index contributed by atoms with van der Waals surface area (Å²) in [6, 6.07) is 0. The van der Waals surface area contributed by atoms with E-state index in [1.54, 1.807) is 0 Å². The van der Waals surface area contributed by atoms with Gasteiger partial charge in [0.15, 0.2) is 6.10 Å². The first-order valence-electron chi connectivity index (χ1n) is 5.01. The molecular weight excluding hydrogens is 218 g/mol. The second kappa shape index (κ2) is 5.55. The fourth-order valence-corrected chi connectivity index (χ4v) is 1.69. The van der Waals surface area contributed by atoms with Crippen molar-refractivity contribution in [1.82, 2.24) is 0 Å². The Balaban J connectivity index is 2.77. The van der Waals surface area contributed by atoms with E-state index < -0.39 is 43.1 Å². The van der Waals surface area contributed by atoms with Crippen LogP contribution in [0.25, 0.3) is 0 Å². The van der Waals surface area contributed by atoms with E-state index in [2.05, 4.69) is 0 Å². The van der Waals surface area contributed by atoms with Crippen LogP contribution in [0.3, 0.4) is 0 Å². The average Bonchev–Trinajstić information content (AvgIpc) is 2.25. The highest BCUT2D eigenvalue weighted by atomic mass is 16.6. The Kier molecular flexibility index (Phi) is 4.63. The molecule has 94 valence electrons. The maximum absolute atomic E-state index is 10.8. The molecule has 0 spiro atoms. The number of hydrogen-bond donors (Lipinski definition) is 4. The first-order chi connectivity index (χ1) is 7.51. The average molecular weight is 235 g/mol. The van der Waals surface area contributed by atoms with E-state index in [0.29, 0.717) is 0 Å². The summed E-state index contributed by atoms with van der Waals surface area (Å²) in [4.78, 5) is 10.8. The monoisotopic (exact) mass is 235 g/mol. The van der Waals surface area contributed by atoms with Gasteiger partial charge in [-0.3, -0.25) is 4.79 Å². The van der Waals surface area contributed by atoms with Gasteiger partial charge in [-0.15, -0.1) is 0 Å². The first kappa shape index (κ1) is 13.3. The predicted molar refractivity (Wildman–Crippen MR) is 52.4 cm³/mol. The van der Waals surface area contributed by atoms with Crippen LogP contribution < -0.4 is 5.73 Å². The van der Waals surface area contributed by atoms with E-state index in [4.69, 9.17) is 20.3 Å². The van der Waals surface area contributed by atoms with Crippen LogP contribution in [0.15, 0.2) is 0 Å². The number of carbonyl (C=O) groups excluding carboxylic acids is 1. The van der Waals surface area contributed by atoms with Crippen molar-refractivity contribution < 1.29 is 29.6 Å². The van der Waals surface area contributed by atoms with Gasteiger partial charge in [0.05, 0.1) is 6.61 Å². The number of carbonyl (C=O) groups is 1. The fraction of sp³-hybridized carbons (Fsp3) is 0.889. The van der Waals surface area contributed by atoms with Crippen LogP contribution in [0.1, 0.15) is 6.92 Å². The maximum atomic E-state index is 10.8. The van der Waals surface area contributed by atoms with Crippen molar-refractivity contribution in [1.29, 1.82) is 0 Å². The lowest BCUT2D eigenvalue weighted by atomic mass is 9.95. The quantitative estimate of drug-likeness (QED) is 0.394. The van der Waals surface area contributed by atoms with Crippen LogP contribution in [0, 0.1) is 0 Å². The number of aliphatic hydroxyl groups is 3. The molecule has 0 aromatic carbocycles. The molecule has 0 aromatic heterocycles. The van der Waals surface area contributed by atoms with Gasteiger partial charge in [0.1, 0.15) is 24.4 Å². The van der Waals surface area contributed by atoms with Gasteiger partial charge < -0.3 is 30.5 Å². The molecule has 0 amide bonds. The van der Waals surface area contributed by atoms with Gasteiger partial charge in [0.2, 0.25) is 0 Å². The smallest absolute Gasteiger partial charge is 0.303 e.